The van der Waals surface area contributed by atoms with Gasteiger partial charge < -0.3 is 15.8 Å². The van der Waals surface area contributed by atoms with Gasteiger partial charge in [0.25, 0.3) is 0 Å². The average molecular weight is 396 g/mol. The summed E-state index contributed by atoms with van der Waals surface area (Å²) in [5.41, 5.74) is 8.33. The van der Waals surface area contributed by atoms with Gasteiger partial charge in [0.1, 0.15) is 11.8 Å². The fraction of sp³-hybridized carbons (Fsp3) is 0.150. The molecule has 0 saturated heterocycles. The molecule has 1 aliphatic heterocycles. The molecule has 1 atom stereocenters. The Labute approximate surface area is 166 Å². The van der Waals surface area contributed by atoms with E-state index in [1.807, 2.05) is 36.4 Å². The first-order valence-corrected chi connectivity index (χ1v) is 9.00. The van der Waals surface area contributed by atoms with Crippen LogP contribution in [0.3, 0.4) is 0 Å². The number of nitrogens with two attached hydrogens (primary N) is 1. The number of halogens is 1. The molecule has 7 nitrogen and oxygen atoms in total. The van der Waals surface area contributed by atoms with Gasteiger partial charge in [0.15, 0.2) is 5.82 Å². The molecular formula is C20H18ClN5O2. The normalized spacial score (nSPS) is 15.8. The number of carbonyl (C=O) groups excluding carboxylic acids is 1. The summed E-state index contributed by atoms with van der Waals surface area (Å²) >= 11 is 5.98. The van der Waals surface area contributed by atoms with Crippen molar-refractivity contribution in [3.8, 4) is 17.1 Å². The molecule has 1 aromatic heterocycles. The molecular weight excluding hydrogens is 378 g/mol. The number of hydrogen-bond donors (Lipinski definition) is 2. The molecule has 1 amide bonds. The van der Waals surface area contributed by atoms with Crippen LogP contribution in [0.2, 0.25) is 5.02 Å². The van der Waals surface area contributed by atoms with Gasteiger partial charge in [0.2, 0.25) is 11.9 Å². The number of allylic oxidation sites excluding steroid dienone is 1. The van der Waals surface area contributed by atoms with Gasteiger partial charge in [-0.05, 0) is 37.3 Å². The standard InChI is InChI=1S/C20H18ClN5O2/c1-11-16(18(22)27)17(14-5-3-4-6-15(14)28-2)26-20(23-11)24-19(25-26)12-7-9-13(21)10-8-12/h3-10,17H,1-2H3,(H2,22,27)(H,23,24,25)/t17-/m0/s1. The highest BCUT2D eigenvalue weighted by Gasteiger charge is 2.34. The number of carbonyl (C=O) groups is 1. The first-order valence-electron chi connectivity index (χ1n) is 8.62. The lowest BCUT2D eigenvalue weighted by atomic mass is 9.94. The third-order valence-corrected chi connectivity index (χ3v) is 4.91. The molecule has 142 valence electrons. The summed E-state index contributed by atoms with van der Waals surface area (Å²) in [7, 11) is 1.59. The Bertz CT molecular complexity index is 1090. The second-order valence-electron chi connectivity index (χ2n) is 6.38. The average Bonchev–Trinajstić information content (AvgIpc) is 3.10. The quantitative estimate of drug-likeness (QED) is 0.706. The summed E-state index contributed by atoms with van der Waals surface area (Å²) in [5, 5.41) is 8.42. The third-order valence-electron chi connectivity index (χ3n) is 4.65. The number of hydrogen-bond acceptors (Lipinski definition) is 5. The zero-order valence-corrected chi connectivity index (χ0v) is 16.1. The van der Waals surface area contributed by atoms with Crippen molar-refractivity contribution in [3.05, 3.63) is 70.4 Å². The van der Waals surface area contributed by atoms with Crippen molar-refractivity contribution in [2.24, 2.45) is 5.73 Å². The minimum Gasteiger partial charge on any atom is -0.496 e. The van der Waals surface area contributed by atoms with Crippen molar-refractivity contribution in [1.82, 2.24) is 14.8 Å². The van der Waals surface area contributed by atoms with Gasteiger partial charge in [0.05, 0.1) is 12.7 Å². The minimum atomic E-state index is -0.557. The van der Waals surface area contributed by atoms with Gasteiger partial charge in [-0.3, -0.25) is 4.79 Å². The molecule has 1 aliphatic rings. The maximum atomic E-state index is 12.3. The summed E-state index contributed by atoms with van der Waals surface area (Å²) < 4.78 is 7.17. The largest absolute Gasteiger partial charge is 0.496 e. The van der Waals surface area contributed by atoms with E-state index in [1.165, 1.54) is 0 Å². The molecule has 4 rings (SSSR count). The zero-order chi connectivity index (χ0) is 19.8. The maximum absolute atomic E-state index is 12.3. The van der Waals surface area contributed by atoms with Crippen LogP contribution < -0.4 is 15.8 Å². The zero-order valence-electron chi connectivity index (χ0n) is 15.3. The Balaban J connectivity index is 1.90. The second-order valence-corrected chi connectivity index (χ2v) is 6.82. The van der Waals surface area contributed by atoms with Gasteiger partial charge in [-0.15, -0.1) is 5.10 Å². The Kier molecular flexibility index (Phi) is 4.52. The molecule has 3 N–H and O–H groups in total. The first-order chi connectivity index (χ1) is 13.5. The van der Waals surface area contributed by atoms with Crippen molar-refractivity contribution in [2.75, 3.05) is 12.4 Å². The lowest BCUT2D eigenvalue weighted by Gasteiger charge is -2.28. The number of methoxy groups -OCH3 is 1. The van der Waals surface area contributed by atoms with Crippen LogP contribution >= 0.6 is 11.6 Å². The van der Waals surface area contributed by atoms with Gasteiger partial charge in [0, 0.05) is 21.8 Å². The van der Waals surface area contributed by atoms with Crippen molar-refractivity contribution in [1.29, 1.82) is 0 Å². The number of aromatic nitrogens is 3. The molecule has 0 spiro atoms. The number of amides is 1. The number of benzene rings is 2. The molecule has 2 heterocycles. The predicted molar refractivity (Wildman–Crippen MR) is 107 cm³/mol. The van der Waals surface area contributed by atoms with Crippen molar-refractivity contribution in [3.63, 3.8) is 0 Å². The van der Waals surface area contributed by atoms with Crippen LogP contribution in [0.15, 0.2) is 59.8 Å². The summed E-state index contributed by atoms with van der Waals surface area (Å²) in [6.45, 7) is 1.79. The highest BCUT2D eigenvalue weighted by atomic mass is 35.5. The number of nitrogens with one attached hydrogen (secondary N) is 1. The fourth-order valence-electron chi connectivity index (χ4n) is 3.37. The van der Waals surface area contributed by atoms with E-state index in [-0.39, 0.29) is 0 Å². The van der Waals surface area contributed by atoms with Gasteiger partial charge in [-0.1, -0.05) is 29.8 Å². The highest BCUT2D eigenvalue weighted by Crippen LogP contribution is 2.39. The van der Waals surface area contributed by atoms with Crippen LogP contribution in [0.25, 0.3) is 11.4 Å². The molecule has 0 bridgehead atoms. The number of rotatable bonds is 4. The number of nitrogens with zero attached hydrogens (tertiary/aromatic N) is 3. The van der Waals surface area contributed by atoms with Crippen molar-refractivity contribution >= 4 is 23.5 Å². The SMILES string of the molecule is COc1ccccc1[C@H]1C(C(N)=O)=C(C)Nc2nc(-c3ccc(Cl)cc3)nn21. The highest BCUT2D eigenvalue weighted by molar-refractivity contribution is 6.30. The van der Waals surface area contributed by atoms with Crippen LogP contribution in [0.5, 0.6) is 5.75 Å². The molecule has 0 fully saturated rings. The summed E-state index contributed by atoms with van der Waals surface area (Å²) in [4.78, 5) is 16.9. The molecule has 3 aromatic rings. The molecule has 8 heteroatoms. The number of anilines is 1. The summed E-state index contributed by atoms with van der Waals surface area (Å²) in [6.07, 6.45) is 0. The van der Waals surface area contributed by atoms with E-state index in [0.29, 0.717) is 33.8 Å². The van der Waals surface area contributed by atoms with Crippen LogP contribution in [-0.4, -0.2) is 27.8 Å². The van der Waals surface area contributed by atoms with Crippen LogP contribution in [0.4, 0.5) is 5.95 Å². The lowest BCUT2D eigenvalue weighted by Crippen LogP contribution is -2.32. The number of fused-ring (bicyclic) bond motifs is 1. The predicted octanol–water partition coefficient (Wildman–Crippen LogP) is 3.38. The molecule has 0 unspecified atom stereocenters. The van der Waals surface area contributed by atoms with E-state index < -0.39 is 11.9 Å². The number of primary amides is 1. The topological polar surface area (TPSA) is 95.1 Å². The molecule has 0 saturated carbocycles. The third kappa shape index (κ3) is 2.99. The first kappa shape index (κ1) is 18.1. The van der Waals surface area contributed by atoms with Crippen LogP contribution in [0.1, 0.15) is 18.5 Å². The van der Waals surface area contributed by atoms with E-state index in [0.717, 1.165) is 11.1 Å². The van der Waals surface area contributed by atoms with Crippen molar-refractivity contribution in [2.45, 2.75) is 13.0 Å². The van der Waals surface area contributed by atoms with Gasteiger partial charge in [-0.2, -0.15) is 4.98 Å². The van der Waals surface area contributed by atoms with E-state index in [4.69, 9.17) is 22.1 Å². The Morgan fingerprint density at radius 1 is 1.21 bits per heavy atom. The van der Waals surface area contributed by atoms with E-state index in [2.05, 4.69) is 15.4 Å². The van der Waals surface area contributed by atoms with E-state index >= 15 is 0 Å². The van der Waals surface area contributed by atoms with Crippen molar-refractivity contribution < 1.29 is 9.53 Å². The summed E-state index contributed by atoms with van der Waals surface area (Å²) in [6, 6.07) is 14.2. The van der Waals surface area contributed by atoms with E-state index in [9.17, 15) is 4.79 Å². The minimum absolute atomic E-state index is 0.407. The Hall–Kier alpha value is -3.32. The monoisotopic (exact) mass is 395 g/mol. The molecule has 0 aliphatic carbocycles. The van der Waals surface area contributed by atoms with Gasteiger partial charge >= 0.3 is 0 Å². The molecule has 2 aromatic carbocycles. The van der Waals surface area contributed by atoms with Crippen LogP contribution in [0, 0.1) is 0 Å². The fourth-order valence-corrected chi connectivity index (χ4v) is 3.50. The van der Waals surface area contributed by atoms with Crippen LogP contribution in [-0.2, 0) is 4.79 Å². The Morgan fingerprint density at radius 2 is 1.93 bits per heavy atom. The molecule has 28 heavy (non-hydrogen) atoms. The Morgan fingerprint density at radius 3 is 2.61 bits per heavy atom. The number of ether oxygens (including phenoxy) is 1. The number of para-hydroxylation sites is 1. The van der Waals surface area contributed by atoms with Gasteiger partial charge in [-0.25, -0.2) is 4.68 Å². The smallest absolute Gasteiger partial charge is 0.248 e. The maximum Gasteiger partial charge on any atom is 0.248 e. The molecule has 0 radical (unpaired) electrons. The van der Waals surface area contributed by atoms with E-state index in [1.54, 1.807) is 30.8 Å². The second kappa shape index (κ2) is 7.01. The lowest BCUT2D eigenvalue weighted by molar-refractivity contribution is -0.115. The summed E-state index contributed by atoms with van der Waals surface area (Å²) in [5.74, 6) is 1.13.